The van der Waals surface area contributed by atoms with Crippen LogP contribution >= 0.6 is 0 Å². The lowest BCUT2D eigenvalue weighted by molar-refractivity contribution is 0.384. The lowest BCUT2D eigenvalue weighted by Gasteiger charge is -2.26. The fraction of sp³-hybridized carbons (Fsp3) is 0.462. The molecular formula is C26H32. The molecule has 0 aliphatic heterocycles. The van der Waals surface area contributed by atoms with Crippen molar-refractivity contribution in [3.63, 3.8) is 0 Å². The molecule has 0 radical (unpaired) electrons. The summed E-state index contributed by atoms with van der Waals surface area (Å²) in [4.78, 5) is 0. The molecule has 2 aromatic rings. The van der Waals surface area contributed by atoms with Crippen molar-refractivity contribution in [3.05, 3.63) is 70.8 Å². The van der Waals surface area contributed by atoms with E-state index in [0.29, 0.717) is 5.92 Å². The summed E-state index contributed by atoms with van der Waals surface area (Å²) in [6.45, 7) is 4.46. The number of benzene rings is 2. The Morgan fingerprint density at radius 2 is 1.46 bits per heavy atom. The van der Waals surface area contributed by atoms with Crippen molar-refractivity contribution in [1.29, 1.82) is 0 Å². The van der Waals surface area contributed by atoms with E-state index in [1.54, 1.807) is 0 Å². The number of aryl methyl sites for hydroxylation is 2. The van der Waals surface area contributed by atoms with Crippen molar-refractivity contribution in [3.8, 4) is 11.8 Å². The average Bonchev–Trinajstić information content (AvgIpc) is 2.72. The molecular weight excluding hydrogens is 312 g/mol. The molecule has 0 bridgehead atoms. The summed E-state index contributed by atoms with van der Waals surface area (Å²) in [5.41, 5.74) is 5.57. The maximum Gasteiger partial charge on any atom is 0.0245 e. The molecule has 0 aromatic heterocycles. The third-order valence-electron chi connectivity index (χ3n) is 5.78. The van der Waals surface area contributed by atoms with Crippen LogP contribution in [-0.2, 0) is 12.8 Å². The Bertz CT molecular complexity index is 716. The van der Waals surface area contributed by atoms with Gasteiger partial charge in [0, 0.05) is 11.5 Å². The highest BCUT2D eigenvalue weighted by Gasteiger charge is 2.21. The summed E-state index contributed by atoms with van der Waals surface area (Å²) in [6, 6.07) is 18.2. The number of rotatable bonds is 5. The molecule has 0 N–H and O–H groups in total. The zero-order valence-electron chi connectivity index (χ0n) is 16.4. The van der Waals surface area contributed by atoms with Crippen LogP contribution in [0.15, 0.2) is 48.5 Å². The third-order valence-corrected chi connectivity index (χ3v) is 5.78. The molecule has 1 aliphatic carbocycles. The van der Waals surface area contributed by atoms with Crippen molar-refractivity contribution < 1.29 is 0 Å². The molecule has 0 heterocycles. The van der Waals surface area contributed by atoms with Crippen LogP contribution < -0.4 is 0 Å². The second kappa shape index (κ2) is 9.63. The molecule has 0 nitrogen and oxygen atoms in total. The first kappa shape index (κ1) is 18.8. The van der Waals surface area contributed by atoms with E-state index in [9.17, 15) is 0 Å². The fourth-order valence-electron chi connectivity index (χ4n) is 3.92. The van der Waals surface area contributed by atoms with Crippen LogP contribution in [0.2, 0.25) is 0 Å². The van der Waals surface area contributed by atoms with Crippen molar-refractivity contribution in [2.75, 3.05) is 0 Å². The lowest BCUT2D eigenvalue weighted by atomic mass is 9.79. The Kier molecular flexibility index (Phi) is 6.96. The largest absolute Gasteiger partial charge is 0.0945 e. The summed E-state index contributed by atoms with van der Waals surface area (Å²) in [7, 11) is 0. The van der Waals surface area contributed by atoms with Gasteiger partial charge in [0.1, 0.15) is 0 Å². The Balaban J connectivity index is 1.51. The summed E-state index contributed by atoms with van der Waals surface area (Å²) in [6.07, 6.45) is 9.88. The maximum atomic E-state index is 3.54. The van der Waals surface area contributed by atoms with Gasteiger partial charge in [-0.1, -0.05) is 68.5 Å². The van der Waals surface area contributed by atoms with E-state index >= 15 is 0 Å². The van der Waals surface area contributed by atoms with Gasteiger partial charge in [0.15, 0.2) is 0 Å². The van der Waals surface area contributed by atoms with Crippen molar-refractivity contribution in [2.24, 2.45) is 5.92 Å². The smallest absolute Gasteiger partial charge is 0.0245 e. The molecule has 3 rings (SSSR count). The van der Waals surface area contributed by atoms with Gasteiger partial charge in [-0.2, -0.15) is 0 Å². The Morgan fingerprint density at radius 3 is 2.08 bits per heavy atom. The predicted molar refractivity (Wildman–Crippen MR) is 112 cm³/mol. The van der Waals surface area contributed by atoms with E-state index in [0.717, 1.165) is 12.3 Å². The summed E-state index contributed by atoms with van der Waals surface area (Å²) in [5, 5.41) is 0. The highest BCUT2D eigenvalue weighted by atomic mass is 14.2. The van der Waals surface area contributed by atoms with Gasteiger partial charge in [0.25, 0.3) is 0 Å². The first-order valence-electron chi connectivity index (χ1n) is 10.5. The van der Waals surface area contributed by atoms with Crippen LogP contribution in [-0.4, -0.2) is 0 Å². The minimum atomic E-state index is 0.570. The number of hydrogen-bond donors (Lipinski definition) is 0. The molecule has 2 aromatic carbocycles. The minimum Gasteiger partial charge on any atom is -0.0945 e. The van der Waals surface area contributed by atoms with Gasteiger partial charge in [-0.3, -0.25) is 0 Å². The molecule has 0 amide bonds. The molecule has 0 atom stereocenters. The van der Waals surface area contributed by atoms with Crippen LogP contribution in [0.3, 0.4) is 0 Å². The van der Waals surface area contributed by atoms with Crippen LogP contribution in [0, 0.1) is 17.8 Å². The van der Waals surface area contributed by atoms with Gasteiger partial charge >= 0.3 is 0 Å². The monoisotopic (exact) mass is 344 g/mol. The summed E-state index contributed by atoms with van der Waals surface area (Å²) in [5.74, 6) is 8.26. The zero-order chi connectivity index (χ0) is 18.2. The third kappa shape index (κ3) is 5.25. The summed E-state index contributed by atoms with van der Waals surface area (Å²) >= 11 is 0. The maximum absolute atomic E-state index is 3.54. The molecule has 0 unspecified atom stereocenters. The second-order valence-corrected chi connectivity index (χ2v) is 7.71. The van der Waals surface area contributed by atoms with Crippen LogP contribution in [0.4, 0.5) is 0 Å². The van der Waals surface area contributed by atoms with Crippen molar-refractivity contribution in [2.45, 2.75) is 71.1 Å². The van der Waals surface area contributed by atoms with E-state index in [1.807, 2.05) is 0 Å². The van der Waals surface area contributed by atoms with Crippen molar-refractivity contribution >= 4 is 0 Å². The molecule has 1 saturated carbocycles. The molecule has 0 saturated heterocycles. The normalized spacial score (nSPS) is 19.6. The number of hydrogen-bond acceptors (Lipinski definition) is 0. The van der Waals surface area contributed by atoms with E-state index in [-0.39, 0.29) is 0 Å². The summed E-state index contributed by atoms with van der Waals surface area (Å²) < 4.78 is 0. The number of unbranched alkanes of at least 4 members (excludes halogenated alkanes) is 1. The first-order chi connectivity index (χ1) is 12.8. The van der Waals surface area contributed by atoms with Gasteiger partial charge in [-0.15, -0.1) is 0 Å². The van der Waals surface area contributed by atoms with Crippen molar-refractivity contribution in [1.82, 2.24) is 0 Å². The predicted octanol–water partition coefficient (Wildman–Crippen LogP) is 6.92. The van der Waals surface area contributed by atoms with E-state index < -0.39 is 0 Å². The molecule has 1 fully saturated rings. The van der Waals surface area contributed by atoms with Gasteiger partial charge in [0.05, 0.1) is 0 Å². The molecule has 0 spiro atoms. The Hall–Kier alpha value is -2.00. The highest BCUT2D eigenvalue weighted by Crippen LogP contribution is 2.35. The fourth-order valence-corrected chi connectivity index (χ4v) is 3.92. The van der Waals surface area contributed by atoms with Gasteiger partial charge in [0.2, 0.25) is 0 Å². The zero-order valence-corrected chi connectivity index (χ0v) is 16.4. The average molecular weight is 345 g/mol. The standard InChI is InChI=1S/C26H32/c1-3-5-6-22-7-9-23(10-8-22)11-12-24-15-19-26(20-16-24)25-17-13-21(4-2)14-18-25/h7-10,13-14,17-18,24,26H,3-6,15-16,19-20H2,1-2H3. The Labute approximate surface area is 160 Å². The van der Waals surface area contributed by atoms with Gasteiger partial charge in [-0.25, -0.2) is 0 Å². The quantitative estimate of drug-likeness (QED) is 0.517. The van der Waals surface area contributed by atoms with E-state index in [2.05, 4.69) is 74.2 Å². The first-order valence-corrected chi connectivity index (χ1v) is 10.5. The second-order valence-electron chi connectivity index (χ2n) is 7.71. The topological polar surface area (TPSA) is 0 Å². The highest BCUT2D eigenvalue weighted by molar-refractivity contribution is 5.37. The SMILES string of the molecule is CCCCc1ccc(C#CC2CCC(c3ccc(CC)cc3)CC2)cc1. The van der Waals surface area contributed by atoms with E-state index in [4.69, 9.17) is 0 Å². The molecule has 26 heavy (non-hydrogen) atoms. The van der Waals surface area contributed by atoms with E-state index in [1.165, 1.54) is 67.2 Å². The van der Waals surface area contributed by atoms with Gasteiger partial charge in [-0.05, 0) is 79.7 Å². The molecule has 1 aliphatic rings. The minimum absolute atomic E-state index is 0.570. The lowest BCUT2D eigenvalue weighted by Crippen LogP contribution is -2.12. The molecule has 0 heteroatoms. The van der Waals surface area contributed by atoms with Crippen LogP contribution in [0.5, 0.6) is 0 Å². The Morgan fingerprint density at radius 1 is 0.808 bits per heavy atom. The molecule has 136 valence electrons. The van der Waals surface area contributed by atoms with Crippen LogP contribution in [0.1, 0.15) is 80.5 Å². The van der Waals surface area contributed by atoms with Crippen LogP contribution in [0.25, 0.3) is 0 Å². The van der Waals surface area contributed by atoms with Gasteiger partial charge < -0.3 is 0 Å².